The number of carbonyl (C=O) groups is 3. The predicted octanol–water partition coefficient (Wildman–Crippen LogP) is 7.27. The maximum atomic E-state index is 13.3. The van der Waals surface area contributed by atoms with Crippen LogP contribution in [0.4, 0.5) is 0 Å². The van der Waals surface area contributed by atoms with Crippen molar-refractivity contribution in [3.63, 3.8) is 0 Å². The molecule has 3 nitrogen and oxygen atoms in total. The van der Waals surface area contributed by atoms with E-state index in [2.05, 4.69) is 46.2 Å². The van der Waals surface area contributed by atoms with E-state index in [-0.39, 0.29) is 16.6 Å². The van der Waals surface area contributed by atoms with E-state index in [4.69, 9.17) is 0 Å². The van der Waals surface area contributed by atoms with Gasteiger partial charge in [0.15, 0.2) is 5.78 Å². The van der Waals surface area contributed by atoms with Gasteiger partial charge in [0.2, 0.25) is 0 Å². The molecule has 0 atom stereocenters. The summed E-state index contributed by atoms with van der Waals surface area (Å²) in [7, 11) is -3.76. The third kappa shape index (κ3) is 6.27. The molecule has 3 rings (SSSR count). The summed E-state index contributed by atoms with van der Waals surface area (Å²) in [5.74, 6) is 0.457. The van der Waals surface area contributed by atoms with Crippen LogP contribution < -0.4 is 0 Å². The SMILES string of the molecule is CC1CC(=Cc2ccc(C(=O)[Si](C)(C)C)cc2)C(=O)C(=Cc2ccc(C(=O)[Si](C)(C)C)cc2)C1. The zero-order chi connectivity index (χ0) is 25.3. The molecule has 5 heteroatoms. The minimum atomic E-state index is -1.88. The molecule has 2 aromatic carbocycles. The first-order valence-corrected chi connectivity index (χ1v) is 19.0. The van der Waals surface area contributed by atoms with Crippen LogP contribution >= 0.6 is 0 Å². The second-order valence-electron chi connectivity index (χ2n) is 11.6. The van der Waals surface area contributed by atoms with Gasteiger partial charge in [-0.05, 0) is 42.0 Å². The van der Waals surface area contributed by atoms with E-state index in [9.17, 15) is 14.4 Å². The Morgan fingerprint density at radius 1 is 0.676 bits per heavy atom. The molecule has 0 radical (unpaired) electrons. The first-order valence-electron chi connectivity index (χ1n) is 12.0. The number of benzene rings is 2. The van der Waals surface area contributed by atoms with Crippen molar-refractivity contribution >= 4 is 44.9 Å². The molecular formula is C29H36O3Si2. The van der Waals surface area contributed by atoms with E-state index in [0.717, 1.165) is 46.2 Å². The van der Waals surface area contributed by atoms with Crippen LogP contribution in [0.5, 0.6) is 0 Å². The van der Waals surface area contributed by atoms with Gasteiger partial charge in [-0.15, -0.1) is 0 Å². The highest BCUT2D eigenvalue weighted by molar-refractivity contribution is 7.05. The molecule has 0 N–H and O–H groups in total. The van der Waals surface area contributed by atoms with Crippen molar-refractivity contribution in [1.29, 1.82) is 0 Å². The minimum Gasteiger partial charge on any atom is -0.300 e. The monoisotopic (exact) mass is 488 g/mol. The molecule has 0 unspecified atom stereocenters. The maximum absolute atomic E-state index is 13.3. The molecule has 1 saturated carbocycles. The van der Waals surface area contributed by atoms with Crippen molar-refractivity contribution in [3.05, 3.63) is 81.9 Å². The van der Waals surface area contributed by atoms with Gasteiger partial charge < -0.3 is 9.59 Å². The number of hydrogen-bond donors (Lipinski definition) is 0. The van der Waals surface area contributed by atoms with Crippen LogP contribution in [0.1, 0.15) is 51.6 Å². The van der Waals surface area contributed by atoms with E-state index in [1.807, 2.05) is 60.7 Å². The van der Waals surface area contributed by atoms with Crippen molar-refractivity contribution in [2.75, 3.05) is 0 Å². The number of ketones is 1. The van der Waals surface area contributed by atoms with Crippen molar-refractivity contribution in [2.45, 2.75) is 59.0 Å². The average molecular weight is 489 g/mol. The Morgan fingerprint density at radius 2 is 1.00 bits per heavy atom. The molecule has 1 fully saturated rings. The smallest absolute Gasteiger partial charge is 0.185 e. The first kappa shape index (κ1) is 26.0. The summed E-state index contributed by atoms with van der Waals surface area (Å²) in [6.45, 7) is 14.5. The molecule has 1 aliphatic rings. The third-order valence-electron chi connectivity index (χ3n) is 6.11. The zero-order valence-electron chi connectivity index (χ0n) is 21.5. The molecule has 34 heavy (non-hydrogen) atoms. The van der Waals surface area contributed by atoms with Crippen LogP contribution in [-0.2, 0) is 4.79 Å². The lowest BCUT2D eigenvalue weighted by atomic mass is 9.80. The number of rotatable bonds is 6. The summed E-state index contributed by atoms with van der Waals surface area (Å²) in [6.07, 6.45) is 5.42. The topological polar surface area (TPSA) is 51.2 Å². The lowest BCUT2D eigenvalue weighted by Gasteiger charge is -2.23. The molecule has 1 aliphatic carbocycles. The Balaban J connectivity index is 1.83. The average Bonchev–Trinajstić information content (AvgIpc) is 2.75. The number of Topliss-reactive ketones (excluding diaryl/α,β-unsaturated/α-hetero) is 1. The molecule has 0 amide bonds. The summed E-state index contributed by atoms with van der Waals surface area (Å²) in [4.78, 5) is 38.4. The van der Waals surface area contributed by atoms with Gasteiger partial charge in [-0.1, -0.05) is 94.7 Å². The van der Waals surface area contributed by atoms with Crippen molar-refractivity contribution in [3.8, 4) is 0 Å². The summed E-state index contributed by atoms with van der Waals surface area (Å²) >= 11 is 0. The van der Waals surface area contributed by atoms with Crippen molar-refractivity contribution in [1.82, 2.24) is 0 Å². The molecule has 0 heterocycles. The molecule has 0 aliphatic heterocycles. The van der Waals surface area contributed by atoms with Crippen molar-refractivity contribution < 1.29 is 14.4 Å². The van der Waals surface area contributed by atoms with Crippen LogP contribution in [0, 0.1) is 5.92 Å². The largest absolute Gasteiger partial charge is 0.300 e. The Bertz CT molecular complexity index is 1060. The molecular weight excluding hydrogens is 452 g/mol. The summed E-state index contributed by atoms with van der Waals surface area (Å²) in [5, 5.41) is 0.494. The van der Waals surface area contributed by atoms with E-state index in [1.165, 1.54) is 0 Å². The first-order chi connectivity index (χ1) is 15.8. The van der Waals surface area contributed by atoms with Gasteiger partial charge in [-0.25, -0.2) is 0 Å². The summed E-state index contributed by atoms with van der Waals surface area (Å²) < 4.78 is 0. The van der Waals surface area contributed by atoms with Crippen LogP contribution in [0.25, 0.3) is 12.2 Å². The second kappa shape index (κ2) is 9.92. The molecule has 178 valence electrons. The van der Waals surface area contributed by atoms with E-state index >= 15 is 0 Å². The summed E-state index contributed by atoms with van der Waals surface area (Å²) in [5.41, 5.74) is 5.00. The fourth-order valence-corrected chi connectivity index (χ4v) is 6.26. The van der Waals surface area contributed by atoms with Gasteiger partial charge in [0.25, 0.3) is 0 Å². The van der Waals surface area contributed by atoms with Gasteiger partial charge in [0.05, 0.1) is 0 Å². The number of hydrogen-bond acceptors (Lipinski definition) is 3. The quantitative estimate of drug-likeness (QED) is 0.317. The molecule has 0 bridgehead atoms. The Hall–Kier alpha value is -2.64. The van der Waals surface area contributed by atoms with Gasteiger partial charge in [0.1, 0.15) is 27.0 Å². The van der Waals surface area contributed by atoms with E-state index in [0.29, 0.717) is 5.92 Å². The number of allylic oxidation sites excluding steroid dienone is 2. The minimum absolute atomic E-state index is 0.0857. The second-order valence-corrected chi connectivity index (χ2v) is 21.5. The van der Waals surface area contributed by atoms with Crippen LogP contribution in [0.15, 0.2) is 59.7 Å². The van der Waals surface area contributed by atoms with Crippen molar-refractivity contribution in [2.24, 2.45) is 5.92 Å². The molecule has 0 aromatic heterocycles. The molecule has 0 spiro atoms. The molecule has 2 aromatic rings. The predicted molar refractivity (Wildman–Crippen MR) is 148 cm³/mol. The van der Waals surface area contributed by atoms with Crippen LogP contribution in [0.3, 0.4) is 0 Å². The van der Waals surface area contributed by atoms with Crippen LogP contribution in [-0.4, -0.2) is 32.7 Å². The Morgan fingerprint density at radius 3 is 1.29 bits per heavy atom. The number of carbonyl (C=O) groups excluding carboxylic acids is 3. The molecule has 0 saturated heterocycles. The van der Waals surface area contributed by atoms with Gasteiger partial charge in [0, 0.05) is 22.3 Å². The maximum Gasteiger partial charge on any atom is 0.185 e. The van der Waals surface area contributed by atoms with Gasteiger partial charge >= 0.3 is 0 Å². The standard InChI is InChI=1S/C29H36O3Si2/c1-20-16-25(18-21-8-12-23(13-9-21)28(31)33(2,3)4)27(30)26(17-20)19-22-10-14-24(15-11-22)29(32)34(5,6)7/h8-15,18-20H,16-17H2,1-7H3. The summed E-state index contributed by atoms with van der Waals surface area (Å²) in [6, 6.07) is 15.3. The lowest BCUT2D eigenvalue weighted by Crippen LogP contribution is -2.33. The van der Waals surface area contributed by atoms with E-state index in [1.54, 1.807) is 0 Å². The zero-order valence-corrected chi connectivity index (χ0v) is 23.5. The third-order valence-corrected chi connectivity index (χ3v) is 9.41. The fraction of sp³-hybridized carbons (Fsp3) is 0.345. The normalized spacial score (nSPS) is 19.5. The van der Waals surface area contributed by atoms with Gasteiger partial charge in [-0.3, -0.25) is 4.79 Å². The highest BCUT2D eigenvalue weighted by atomic mass is 28.3. The fourth-order valence-electron chi connectivity index (χ4n) is 4.19. The van der Waals surface area contributed by atoms with Gasteiger partial charge in [-0.2, -0.15) is 0 Å². The highest BCUT2D eigenvalue weighted by Crippen LogP contribution is 2.32. The van der Waals surface area contributed by atoms with E-state index < -0.39 is 16.1 Å². The lowest BCUT2D eigenvalue weighted by molar-refractivity contribution is -0.113. The van der Waals surface area contributed by atoms with Crippen LogP contribution in [0.2, 0.25) is 39.3 Å². The Kier molecular flexibility index (Phi) is 7.58. The highest BCUT2D eigenvalue weighted by Gasteiger charge is 2.27. The Labute approximate surface area is 206 Å².